The predicted molar refractivity (Wildman–Crippen MR) is 100 cm³/mol. The maximum atomic E-state index is 12.4. The number of nitrogens with one attached hydrogen (secondary N) is 2. The summed E-state index contributed by atoms with van der Waals surface area (Å²) in [6.45, 7) is 1.71. The first-order valence-electron chi connectivity index (χ1n) is 8.89. The summed E-state index contributed by atoms with van der Waals surface area (Å²) in [5.41, 5.74) is 3.84. The number of hydrogen-bond donors (Lipinski definition) is 2. The van der Waals surface area contributed by atoms with Gasteiger partial charge in [0.05, 0.1) is 33.1 Å². The van der Waals surface area contributed by atoms with Gasteiger partial charge in [0.1, 0.15) is 23.0 Å². The van der Waals surface area contributed by atoms with Gasteiger partial charge in [0.2, 0.25) is 0 Å². The Morgan fingerprint density at radius 3 is 2.78 bits per heavy atom. The number of benzene rings is 2. The van der Waals surface area contributed by atoms with Gasteiger partial charge in [0.15, 0.2) is 0 Å². The van der Waals surface area contributed by atoms with Crippen LogP contribution in [0, 0.1) is 0 Å². The molecule has 0 unspecified atom stereocenters. The molecule has 142 valence electrons. The Labute approximate surface area is 157 Å². The van der Waals surface area contributed by atoms with Crippen LogP contribution in [0.4, 0.5) is 10.5 Å². The summed E-state index contributed by atoms with van der Waals surface area (Å²) in [5.74, 6) is 2.99. The highest BCUT2D eigenvalue weighted by Crippen LogP contribution is 2.40. The smallest absolute Gasteiger partial charge is 0.319 e. The lowest BCUT2D eigenvalue weighted by Crippen LogP contribution is -2.29. The Kier molecular flexibility index (Phi) is 4.66. The van der Waals surface area contributed by atoms with E-state index in [0.717, 1.165) is 41.0 Å². The van der Waals surface area contributed by atoms with E-state index >= 15 is 0 Å². The Balaban J connectivity index is 1.48. The maximum Gasteiger partial charge on any atom is 0.319 e. The van der Waals surface area contributed by atoms with Crippen LogP contribution in [0.5, 0.6) is 23.0 Å². The van der Waals surface area contributed by atoms with Gasteiger partial charge in [-0.1, -0.05) is 0 Å². The molecule has 2 amide bonds. The van der Waals surface area contributed by atoms with Crippen LogP contribution in [0.15, 0.2) is 24.3 Å². The van der Waals surface area contributed by atoms with E-state index in [2.05, 4.69) is 16.7 Å². The quantitative estimate of drug-likeness (QED) is 0.846. The van der Waals surface area contributed by atoms with Crippen LogP contribution in [0.25, 0.3) is 0 Å². The van der Waals surface area contributed by atoms with Crippen LogP contribution in [-0.4, -0.2) is 33.5 Å². The lowest BCUT2D eigenvalue weighted by Gasteiger charge is -2.15. The number of amides is 2. The summed E-state index contributed by atoms with van der Waals surface area (Å²) in [4.78, 5) is 12.4. The first-order chi connectivity index (χ1) is 13.2. The van der Waals surface area contributed by atoms with E-state index in [1.165, 1.54) is 0 Å². The summed E-state index contributed by atoms with van der Waals surface area (Å²) >= 11 is 0. The molecule has 0 saturated carbocycles. The van der Waals surface area contributed by atoms with Crippen LogP contribution >= 0.6 is 0 Å². The molecule has 7 nitrogen and oxygen atoms in total. The van der Waals surface area contributed by atoms with Gasteiger partial charge in [-0.25, -0.2) is 4.79 Å². The number of methoxy groups -OCH3 is 2. The van der Waals surface area contributed by atoms with Gasteiger partial charge in [-0.05, 0) is 18.2 Å². The molecule has 2 heterocycles. The number of anilines is 1. The third kappa shape index (κ3) is 3.32. The van der Waals surface area contributed by atoms with Crippen LogP contribution in [0.3, 0.4) is 0 Å². The Bertz CT molecular complexity index is 849. The molecule has 0 atom stereocenters. The van der Waals surface area contributed by atoms with E-state index in [0.29, 0.717) is 36.9 Å². The van der Waals surface area contributed by atoms with E-state index < -0.39 is 0 Å². The van der Waals surface area contributed by atoms with Crippen LogP contribution in [-0.2, 0) is 19.4 Å². The number of carbonyl (C=O) groups is 1. The minimum Gasteiger partial charge on any atom is -0.497 e. The van der Waals surface area contributed by atoms with Gasteiger partial charge in [0.25, 0.3) is 0 Å². The van der Waals surface area contributed by atoms with Crippen LogP contribution < -0.4 is 29.6 Å². The molecule has 2 N–H and O–H groups in total. The van der Waals surface area contributed by atoms with Gasteiger partial charge in [-0.3, -0.25) is 0 Å². The van der Waals surface area contributed by atoms with Crippen molar-refractivity contribution in [2.24, 2.45) is 0 Å². The average molecular weight is 370 g/mol. The predicted octanol–water partition coefficient (Wildman–Crippen LogP) is 2.90. The fraction of sp³-hybridized carbons (Fsp3) is 0.350. The van der Waals surface area contributed by atoms with Crippen molar-refractivity contribution in [3.05, 3.63) is 41.0 Å². The fourth-order valence-electron chi connectivity index (χ4n) is 3.51. The zero-order valence-corrected chi connectivity index (χ0v) is 15.4. The van der Waals surface area contributed by atoms with Crippen molar-refractivity contribution >= 4 is 11.7 Å². The molecule has 0 aromatic heterocycles. The van der Waals surface area contributed by atoms with Gasteiger partial charge in [-0.2, -0.15) is 0 Å². The molecule has 2 aliphatic heterocycles. The van der Waals surface area contributed by atoms with E-state index in [1.54, 1.807) is 32.4 Å². The average Bonchev–Trinajstić information content (AvgIpc) is 3.34. The van der Waals surface area contributed by atoms with Crippen molar-refractivity contribution in [1.29, 1.82) is 0 Å². The number of carbonyl (C=O) groups excluding carboxylic acids is 1. The Hall–Kier alpha value is -3.09. The van der Waals surface area contributed by atoms with Crippen LogP contribution in [0.1, 0.15) is 16.7 Å². The van der Waals surface area contributed by atoms with Crippen molar-refractivity contribution in [1.82, 2.24) is 5.32 Å². The standard InChI is InChI=1S/C20H22N2O5/c1-24-13-3-4-16(18(10-13)25-2)22-20(23)21-11-15-14-6-8-26-17(14)9-12-5-7-27-19(12)15/h3-4,9-10H,5-8,11H2,1-2H3,(H2,21,22,23). The monoisotopic (exact) mass is 370 g/mol. The summed E-state index contributed by atoms with van der Waals surface area (Å²) < 4.78 is 22.0. The molecule has 27 heavy (non-hydrogen) atoms. The second-order valence-electron chi connectivity index (χ2n) is 6.39. The zero-order valence-electron chi connectivity index (χ0n) is 15.4. The molecular formula is C20H22N2O5. The number of fused-ring (bicyclic) bond motifs is 2. The zero-order chi connectivity index (χ0) is 18.8. The van der Waals surface area contributed by atoms with Crippen molar-refractivity contribution in [3.8, 4) is 23.0 Å². The summed E-state index contributed by atoms with van der Waals surface area (Å²) in [6.07, 6.45) is 1.70. The Morgan fingerprint density at radius 2 is 1.96 bits per heavy atom. The highest BCUT2D eigenvalue weighted by atomic mass is 16.5. The normalized spacial score (nSPS) is 13.9. The molecular weight excluding hydrogens is 348 g/mol. The molecule has 0 bridgehead atoms. The molecule has 0 saturated heterocycles. The second kappa shape index (κ2) is 7.26. The highest BCUT2D eigenvalue weighted by molar-refractivity contribution is 5.91. The van der Waals surface area contributed by atoms with Crippen molar-refractivity contribution < 1.29 is 23.7 Å². The first kappa shape index (κ1) is 17.3. The summed E-state index contributed by atoms with van der Waals surface area (Å²) in [5, 5.41) is 5.73. The number of hydrogen-bond acceptors (Lipinski definition) is 5. The maximum absolute atomic E-state index is 12.4. The lowest BCUT2D eigenvalue weighted by molar-refractivity contribution is 0.251. The number of urea groups is 1. The van der Waals surface area contributed by atoms with Gasteiger partial charge in [-0.15, -0.1) is 0 Å². The minimum absolute atomic E-state index is 0.318. The fourth-order valence-corrected chi connectivity index (χ4v) is 3.51. The van der Waals surface area contributed by atoms with Crippen molar-refractivity contribution in [3.63, 3.8) is 0 Å². The summed E-state index contributed by atoms with van der Waals surface area (Å²) in [6, 6.07) is 6.97. The van der Waals surface area contributed by atoms with Gasteiger partial charge < -0.3 is 29.6 Å². The topological polar surface area (TPSA) is 78.1 Å². The van der Waals surface area contributed by atoms with E-state index in [4.69, 9.17) is 18.9 Å². The molecule has 7 heteroatoms. The van der Waals surface area contributed by atoms with Crippen LogP contribution in [0.2, 0.25) is 0 Å². The van der Waals surface area contributed by atoms with E-state index in [1.807, 2.05) is 0 Å². The van der Waals surface area contributed by atoms with E-state index in [-0.39, 0.29) is 6.03 Å². The number of ether oxygens (including phenoxy) is 4. The second-order valence-corrected chi connectivity index (χ2v) is 6.39. The largest absolute Gasteiger partial charge is 0.497 e. The third-order valence-corrected chi connectivity index (χ3v) is 4.84. The molecule has 0 fully saturated rings. The Morgan fingerprint density at radius 1 is 1.11 bits per heavy atom. The third-order valence-electron chi connectivity index (χ3n) is 4.84. The van der Waals surface area contributed by atoms with Gasteiger partial charge >= 0.3 is 6.03 Å². The minimum atomic E-state index is -0.318. The molecule has 0 spiro atoms. The summed E-state index contributed by atoms with van der Waals surface area (Å²) in [7, 11) is 3.13. The highest BCUT2D eigenvalue weighted by Gasteiger charge is 2.26. The number of rotatable bonds is 5. The van der Waals surface area contributed by atoms with Crippen molar-refractivity contribution in [2.75, 3.05) is 32.8 Å². The lowest BCUT2D eigenvalue weighted by atomic mass is 9.99. The van der Waals surface area contributed by atoms with Gasteiger partial charge in [0, 0.05) is 42.1 Å². The molecule has 0 aliphatic carbocycles. The molecule has 4 rings (SSSR count). The van der Waals surface area contributed by atoms with E-state index in [9.17, 15) is 4.79 Å². The molecule has 2 aromatic rings. The first-order valence-corrected chi connectivity index (χ1v) is 8.89. The SMILES string of the molecule is COc1ccc(NC(=O)NCc2c3c(cc4c2OCC4)OCC3)c(OC)c1. The molecule has 2 aliphatic rings. The molecule has 2 aromatic carbocycles. The molecule has 0 radical (unpaired) electrons. The van der Waals surface area contributed by atoms with Crippen molar-refractivity contribution in [2.45, 2.75) is 19.4 Å².